The van der Waals surface area contributed by atoms with Gasteiger partial charge in [-0.1, -0.05) is 24.3 Å². The zero-order valence-corrected chi connectivity index (χ0v) is 9.70. The topological polar surface area (TPSA) is 26.3 Å². The Morgan fingerprint density at radius 2 is 1.81 bits per heavy atom. The largest absolute Gasteiger partial charge is 0.426 e. The minimum atomic E-state index is -0.280. The van der Waals surface area contributed by atoms with Crippen LogP contribution in [0.1, 0.15) is 18.1 Å². The van der Waals surface area contributed by atoms with E-state index in [1.807, 2.05) is 38.1 Å². The summed E-state index contributed by atoms with van der Waals surface area (Å²) in [7, 11) is 0. The van der Waals surface area contributed by atoms with E-state index in [-0.39, 0.29) is 5.97 Å². The monoisotopic (exact) mass is 214 g/mol. The van der Waals surface area contributed by atoms with E-state index in [1.165, 1.54) is 12.3 Å². The van der Waals surface area contributed by atoms with Crippen molar-refractivity contribution < 1.29 is 9.53 Å². The van der Waals surface area contributed by atoms with Crippen LogP contribution >= 0.6 is 0 Å². The van der Waals surface area contributed by atoms with Crippen LogP contribution in [-0.4, -0.2) is 5.97 Å². The van der Waals surface area contributed by atoms with Gasteiger partial charge in [-0.2, -0.15) is 0 Å². The smallest absolute Gasteiger partial charge is 0.308 e. The first kappa shape index (κ1) is 10.7. The molecule has 0 N–H and O–H groups in total. The number of ether oxygens (including phenoxy) is 1. The van der Waals surface area contributed by atoms with Crippen LogP contribution in [0.25, 0.3) is 10.8 Å². The van der Waals surface area contributed by atoms with E-state index < -0.39 is 0 Å². The van der Waals surface area contributed by atoms with Crippen molar-refractivity contribution in [2.24, 2.45) is 0 Å². The summed E-state index contributed by atoms with van der Waals surface area (Å²) < 4.78 is 5.20. The molecule has 0 heterocycles. The Kier molecular flexibility index (Phi) is 2.65. The van der Waals surface area contributed by atoms with Crippen LogP contribution in [0.5, 0.6) is 5.75 Å². The predicted octanol–water partition coefficient (Wildman–Crippen LogP) is 3.38. The summed E-state index contributed by atoms with van der Waals surface area (Å²) in [6.07, 6.45) is 0. The van der Waals surface area contributed by atoms with Gasteiger partial charge in [0, 0.05) is 6.92 Å². The van der Waals surface area contributed by atoms with Crippen molar-refractivity contribution in [3.05, 3.63) is 41.5 Å². The molecule has 2 aromatic carbocycles. The van der Waals surface area contributed by atoms with E-state index >= 15 is 0 Å². The van der Waals surface area contributed by atoms with E-state index in [1.54, 1.807) is 0 Å². The van der Waals surface area contributed by atoms with Crippen LogP contribution in [-0.2, 0) is 4.79 Å². The zero-order valence-electron chi connectivity index (χ0n) is 9.70. The van der Waals surface area contributed by atoms with Crippen molar-refractivity contribution in [1.29, 1.82) is 0 Å². The van der Waals surface area contributed by atoms with E-state index in [2.05, 4.69) is 6.07 Å². The lowest BCUT2D eigenvalue weighted by Gasteiger charge is -2.11. The number of hydrogen-bond donors (Lipinski definition) is 0. The minimum Gasteiger partial charge on any atom is -0.426 e. The van der Waals surface area contributed by atoms with Crippen molar-refractivity contribution in [2.75, 3.05) is 0 Å². The molecule has 0 aromatic heterocycles. The van der Waals surface area contributed by atoms with Crippen LogP contribution < -0.4 is 4.74 Å². The summed E-state index contributed by atoms with van der Waals surface area (Å²) in [5.41, 5.74) is 2.18. The van der Waals surface area contributed by atoms with Gasteiger partial charge in [-0.25, -0.2) is 0 Å². The first-order chi connectivity index (χ1) is 7.59. The molecule has 82 valence electrons. The number of rotatable bonds is 1. The molecular formula is C14H14O2. The highest BCUT2D eigenvalue weighted by atomic mass is 16.5. The molecule has 0 fully saturated rings. The molecule has 0 unspecified atom stereocenters. The zero-order chi connectivity index (χ0) is 11.7. The molecule has 0 aliphatic heterocycles. The summed E-state index contributed by atoms with van der Waals surface area (Å²) in [5, 5.41) is 2.30. The average Bonchev–Trinajstić information content (AvgIpc) is 2.25. The second-order valence-corrected chi connectivity index (χ2v) is 3.94. The van der Waals surface area contributed by atoms with Gasteiger partial charge in [0.25, 0.3) is 0 Å². The maximum atomic E-state index is 11.0. The van der Waals surface area contributed by atoms with E-state index in [4.69, 9.17) is 4.74 Å². The van der Waals surface area contributed by atoms with Gasteiger partial charge in [-0.05, 0) is 41.8 Å². The lowest BCUT2D eigenvalue weighted by Crippen LogP contribution is -2.03. The Balaban J connectivity index is 2.68. The fourth-order valence-corrected chi connectivity index (χ4v) is 1.86. The standard InChI is InChI=1S/C14H14O2/c1-9-10(2)14(16-11(3)15)8-12-6-4-5-7-13(9)12/h4-8H,1-3H3. The third kappa shape index (κ3) is 1.78. The maximum Gasteiger partial charge on any atom is 0.308 e. The van der Waals surface area contributed by atoms with Crippen LogP contribution in [0.4, 0.5) is 0 Å². The number of esters is 1. The maximum absolute atomic E-state index is 11.0. The van der Waals surface area contributed by atoms with Gasteiger partial charge in [0.05, 0.1) is 0 Å². The highest BCUT2D eigenvalue weighted by Crippen LogP contribution is 2.29. The molecule has 0 saturated heterocycles. The second kappa shape index (κ2) is 3.97. The first-order valence-corrected chi connectivity index (χ1v) is 5.27. The van der Waals surface area contributed by atoms with Crippen LogP contribution in [0.3, 0.4) is 0 Å². The van der Waals surface area contributed by atoms with E-state index in [0.29, 0.717) is 5.75 Å². The highest BCUT2D eigenvalue weighted by Gasteiger charge is 2.08. The molecule has 2 rings (SSSR count). The number of carbonyl (C=O) groups is 1. The molecule has 0 amide bonds. The van der Waals surface area contributed by atoms with Gasteiger partial charge in [0.2, 0.25) is 0 Å². The Hall–Kier alpha value is -1.83. The molecule has 0 radical (unpaired) electrons. The van der Waals surface area contributed by atoms with Gasteiger partial charge >= 0.3 is 5.97 Å². The lowest BCUT2D eigenvalue weighted by atomic mass is 10.00. The summed E-state index contributed by atoms with van der Waals surface area (Å²) in [6.45, 7) is 5.44. The highest BCUT2D eigenvalue weighted by molar-refractivity contribution is 5.89. The molecule has 0 atom stereocenters. The molecule has 2 heteroatoms. The molecule has 2 nitrogen and oxygen atoms in total. The summed E-state index contributed by atoms with van der Waals surface area (Å²) in [4.78, 5) is 11.0. The number of aryl methyl sites for hydroxylation is 1. The van der Waals surface area contributed by atoms with Gasteiger partial charge in [-0.3, -0.25) is 4.79 Å². The van der Waals surface area contributed by atoms with Crippen molar-refractivity contribution in [3.8, 4) is 5.75 Å². The Labute approximate surface area is 94.8 Å². The predicted molar refractivity (Wildman–Crippen MR) is 64.7 cm³/mol. The average molecular weight is 214 g/mol. The lowest BCUT2D eigenvalue weighted by molar-refractivity contribution is -0.131. The summed E-state index contributed by atoms with van der Waals surface area (Å²) in [6, 6.07) is 10.0. The molecule has 0 aliphatic carbocycles. The molecular weight excluding hydrogens is 200 g/mol. The third-order valence-electron chi connectivity index (χ3n) is 2.84. The number of benzene rings is 2. The van der Waals surface area contributed by atoms with Crippen LogP contribution in [0.2, 0.25) is 0 Å². The van der Waals surface area contributed by atoms with Gasteiger partial charge in [0.1, 0.15) is 5.75 Å². The number of fused-ring (bicyclic) bond motifs is 1. The van der Waals surface area contributed by atoms with E-state index in [9.17, 15) is 4.79 Å². The Bertz CT molecular complexity index is 556. The summed E-state index contributed by atoms with van der Waals surface area (Å²) >= 11 is 0. The fourth-order valence-electron chi connectivity index (χ4n) is 1.86. The molecule has 0 aliphatic rings. The Morgan fingerprint density at radius 3 is 2.50 bits per heavy atom. The van der Waals surface area contributed by atoms with E-state index in [0.717, 1.165) is 16.5 Å². The SMILES string of the molecule is CC(=O)Oc1cc2ccccc2c(C)c1C. The van der Waals surface area contributed by atoms with Crippen molar-refractivity contribution in [3.63, 3.8) is 0 Å². The van der Waals surface area contributed by atoms with Crippen LogP contribution in [0.15, 0.2) is 30.3 Å². The molecule has 2 aromatic rings. The molecule has 0 spiro atoms. The van der Waals surface area contributed by atoms with Crippen molar-refractivity contribution in [2.45, 2.75) is 20.8 Å². The van der Waals surface area contributed by atoms with Crippen LogP contribution in [0, 0.1) is 13.8 Å². The Morgan fingerprint density at radius 1 is 1.12 bits per heavy atom. The third-order valence-corrected chi connectivity index (χ3v) is 2.84. The normalized spacial score (nSPS) is 10.4. The quantitative estimate of drug-likeness (QED) is 0.537. The minimum absolute atomic E-state index is 0.280. The van der Waals surface area contributed by atoms with Crippen molar-refractivity contribution in [1.82, 2.24) is 0 Å². The fraction of sp³-hybridized carbons (Fsp3) is 0.214. The summed E-state index contributed by atoms with van der Waals surface area (Å²) in [5.74, 6) is 0.376. The number of carbonyl (C=O) groups excluding carboxylic acids is 1. The first-order valence-electron chi connectivity index (χ1n) is 5.27. The molecule has 0 bridgehead atoms. The van der Waals surface area contributed by atoms with Gasteiger partial charge in [-0.15, -0.1) is 0 Å². The molecule has 0 saturated carbocycles. The van der Waals surface area contributed by atoms with Gasteiger partial charge in [0.15, 0.2) is 0 Å². The van der Waals surface area contributed by atoms with Crippen molar-refractivity contribution >= 4 is 16.7 Å². The van der Waals surface area contributed by atoms with Gasteiger partial charge < -0.3 is 4.74 Å². The number of hydrogen-bond acceptors (Lipinski definition) is 2. The molecule has 16 heavy (non-hydrogen) atoms. The second-order valence-electron chi connectivity index (χ2n) is 3.94.